The van der Waals surface area contributed by atoms with E-state index >= 15 is 0 Å². The number of hydrogen-bond donors (Lipinski definition) is 0. The third kappa shape index (κ3) is 1.60. The number of fused-ring (bicyclic) bond motifs is 1. The summed E-state index contributed by atoms with van der Waals surface area (Å²) in [5.41, 5.74) is 0. The van der Waals surface area contributed by atoms with Crippen LogP contribution in [0.2, 0.25) is 0 Å². The summed E-state index contributed by atoms with van der Waals surface area (Å²) in [5.74, 6) is 3.31. The minimum Gasteiger partial charge on any atom is -0.0625 e. The zero-order valence-corrected chi connectivity index (χ0v) is 7.68. The molecule has 3 atom stereocenters. The van der Waals surface area contributed by atoms with Crippen molar-refractivity contribution in [3.8, 4) is 0 Å². The molecule has 2 fully saturated rings. The zero-order chi connectivity index (χ0) is 7.68. The Hall–Kier alpha value is 0. The Morgan fingerprint density at radius 2 is 1.55 bits per heavy atom. The highest BCUT2D eigenvalue weighted by molar-refractivity contribution is 4.81. The lowest BCUT2D eigenvalue weighted by molar-refractivity contribution is 0.137. The molecule has 2 rings (SSSR count). The Morgan fingerprint density at radius 1 is 0.818 bits per heavy atom. The van der Waals surface area contributed by atoms with Crippen molar-refractivity contribution in [1.82, 2.24) is 0 Å². The lowest BCUT2D eigenvalue weighted by atomic mass is 9.68. The van der Waals surface area contributed by atoms with E-state index < -0.39 is 0 Å². The molecular weight excluding hydrogens is 132 g/mol. The summed E-state index contributed by atoms with van der Waals surface area (Å²) in [4.78, 5) is 0. The van der Waals surface area contributed by atoms with E-state index in [2.05, 4.69) is 6.92 Å². The number of hydrogen-bond acceptors (Lipinski definition) is 0. The van der Waals surface area contributed by atoms with E-state index in [-0.39, 0.29) is 0 Å². The van der Waals surface area contributed by atoms with E-state index in [4.69, 9.17) is 0 Å². The van der Waals surface area contributed by atoms with Crippen LogP contribution in [0.1, 0.15) is 51.9 Å². The highest BCUT2D eigenvalue weighted by atomic mass is 14.4. The van der Waals surface area contributed by atoms with Gasteiger partial charge in [0.2, 0.25) is 0 Å². The first kappa shape index (κ1) is 7.64. The molecule has 0 aliphatic heterocycles. The van der Waals surface area contributed by atoms with Crippen molar-refractivity contribution in [2.75, 3.05) is 0 Å². The smallest absolute Gasteiger partial charge is 0.0383 e. The Kier molecular flexibility index (Phi) is 2.20. The molecule has 0 aromatic heterocycles. The topological polar surface area (TPSA) is 0 Å². The largest absolute Gasteiger partial charge is 0.0625 e. The van der Waals surface area contributed by atoms with Gasteiger partial charge < -0.3 is 0 Å². The molecule has 0 aromatic rings. The minimum absolute atomic E-state index is 1.04. The van der Waals surface area contributed by atoms with Crippen LogP contribution in [0.3, 0.4) is 0 Å². The van der Waals surface area contributed by atoms with Gasteiger partial charge in [0.05, 0.1) is 0 Å². The molecule has 0 heteroatoms. The monoisotopic (exact) mass is 152 g/mol. The predicted molar refractivity (Wildman–Crippen MR) is 48.5 cm³/mol. The number of rotatable bonds is 0. The molecule has 11 heavy (non-hydrogen) atoms. The molecule has 0 spiro atoms. The molecule has 0 radical (unpaired) electrons. The van der Waals surface area contributed by atoms with Crippen LogP contribution in [0, 0.1) is 17.8 Å². The Bertz CT molecular complexity index is 128. The van der Waals surface area contributed by atoms with Gasteiger partial charge in [-0.05, 0) is 30.6 Å². The highest BCUT2D eigenvalue weighted by Gasteiger charge is 2.29. The van der Waals surface area contributed by atoms with Crippen molar-refractivity contribution in [1.29, 1.82) is 0 Å². The van der Waals surface area contributed by atoms with Crippen LogP contribution >= 0.6 is 0 Å². The maximum Gasteiger partial charge on any atom is -0.0383 e. The fourth-order valence-electron chi connectivity index (χ4n) is 3.11. The lowest BCUT2D eigenvalue weighted by Gasteiger charge is -2.38. The van der Waals surface area contributed by atoms with Crippen molar-refractivity contribution in [3.05, 3.63) is 0 Å². The molecule has 2 aliphatic carbocycles. The minimum atomic E-state index is 1.04. The van der Waals surface area contributed by atoms with E-state index in [1.54, 1.807) is 25.7 Å². The molecule has 0 amide bonds. The molecule has 1 unspecified atom stereocenters. The molecule has 0 nitrogen and oxygen atoms in total. The van der Waals surface area contributed by atoms with Gasteiger partial charge in [0, 0.05) is 0 Å². The van der Waals surface area contributed by atoms with Crippen LogP contribution in [0.5, 0.6) is 0 Å². The third-order valence-electron chi connectivity index (χ3n) is 3.80. The first-order valence-electron chi connectivity index (χ1n) is 5.36. The fourth-order valence-corrected chi connectivity index (χ4v) is 3.11. The van der Waals surface area contributed by atoms with Gasteiger partial charge >= 0.3 is 0 Å². The Balaban J connectivity index is 1.93. The molecule has 0 aromatic carbocycles. The van der Waals surface area contributed by atoms with E-state index in [0.717, 1.165) is 17.8 Å². The van der Waals surface area contributed by atoms with Crippen LogP contribution in [-0.2, 0) is 0 Å². The SMILES string of the molecule is C[C@H]1CC[C@@H]2CCCCC2C1. The van der Waals surface area contributed by atoms with Gasteiger partial charge in [-0.2, -0.15) is 0 Å². The second-order valence-electron chi connectivity index (χ2n) is 4.72. The molecule has 0 saturated heterocycles. The first-order valence-corrected chi connectivity index (χ1v) is 5.36. The Morgan fingerprint density at radius 3 is 2.36 bits per heavy atom. The second-order valence-corrected chi connectivity index (χ2v) is 4.72. The standard InChI is InChI=1S/C11H20/c1-9-6-7-10-4-2-3-5-11(10)8-9/h9-11H,2-8H2,1H3/t9-,10-,11?/m0/s1. The fraction of sp³-hybridized carbons (Fsp3) is 1.00. The second kappa shape index (κ2) is 3.16. The van der Waals surface area contributed by atoms with Gasteiger partial charge in [-0.1, -0.05) is 39.0 Å². The van der Waals surface area contributed by atoms with Crippen molar-refractivity contribution in [2.45, 2.75) is 51.9 Å². The first-order chi connectivity index (χ1) is 5.36. The molecule has 64 valence electrons. The zero-order valence-electron chi connectivity index (χ0n) is 7.68. The molecule has 0 heterocycles. The van der Waals surface area contributed by atoms with Crippen molar-refractivity contribution in [3.63, 3.8) is 0 Å². The maximum atomic E-state index is 2.44. The van der Waals surface area contributed by atoms with Gasteiger partial charge in [0.15, 0.2) is 0 Å². The van der Waals surface area contributed by atoms with Crippen LogP contribution in [0.15, 0.2) is 0 Å². The van der Waals surface area contributed by atoms with Crippen LogP contribution in [-0.4, -0.2) is 0 Å². The van der Waals surface area contributed by atoms with Gasteiger partial charge in [-0.3, -0.25) is 0 Å². The molecular formula is C11H20. The van der Waals surface area contributed by atoms with Crippen molar-refractivity contribution >= 4 is 0 Å². The summed E-state index contributed by atoms with van der Waals surface area (Å²) < 4.78 is 0. The molecule has 0 bridgehead atoms. The van der Waals surface area contributed by atoms with E-state index in [1.807, 2.05) is 0 Å². The Labute approximate surface area is 70.4 Å². The van der Waals surface area contributed by atoms with Crippen molar-refractivity contribution < 1.29 is 0 Å². The normalized spacial score (nSPS) is 45.0. The van der Waals surface area contributed by atoms with Crippen LogP contribution < -0.4 is 0 Å². The summed E-state index contributed by atoms with van der Waals surface area (Å²) in [6.45, 7) is 2.44. The summed E-state index contributed by atoms with van der Waals surface area (Å²) in [6, 6.07) is 0. The van der Waals surface area contributed by atoms with Crippen LogP contribution in [0.4, 0.5) is 0 Å². The molecule has 0 N–H and O–H groups in total. The average Bonchev–Trinajstić information content (AvgIpc) is 2.04. The van der Waals surface area contributed by atoms with E-state index in [9.17, 15) is 0 Å². The summed E-state index contributed by atoms with van der Waals surface area (Å²) in [6.07, 6.45) is 10.8. The average molecular weight is 152 g/mol. The quantitative estimate of drug-likeness (QED) is 0.497. The molecule has 2 saturated carbocycles. The van der Waals surface area contributed by atoms with Gasteiger partial charge in [-0.25, -0.2) is 0 Å². The molecule has 2 aliphatic rings. The van der Waals surface area contributed by atoms with E-state index in [1.165, 1.54) is 19.3 Å². The van der Waals surface area contributed by atoms with Gasteiger partial charge in [0.25, 0.3) is 0 Å². The summed E-state index contributed by atoms with van der Waals surface area (Å²) in [5, 5.41) is 0. The van der Waals surface area contributed by atoms with Gasteiger partial charge in [0.1, 0.15) is 0 Å². The van der Waals surface area contributed by atoms with Gasteiger partial charge in [-0.15, -0.1) is 0 Å². The summed E-state index contributed by atoms with van der Waals surface area (Å²) in [7, 11) is 0. The predicted octanol–water partition coefficient (Wildman–Crippen LogP) is 3.61. The van der Waals surface area contributed by atoms with Crippen LogP contribution in [0.25, 0.3) is 0 Å². The maximum absolute atomic E-state index is 2.44. The lowest BCUT2D eigenvalue weighted by Crippen LogP contribution is -2.26. The summed E-state index contributed by atoms with van der Waals surface area (Å²) >= 11 is 0. The highest BCUT2D eigenvalue weighted by Crippen LogP contribution is 2.42. The van der Waals surface area contributed by atoms with Crippen molar-refractivity contribution in [2.24, 2.45) is 17.8 Å². The third-order valence-corrected chi connectivity index (χ3v) is 3.80. The van der Waals surface area contributed by atoms with E-state index in [0.29, 0.717) is 0 Å².